The largest absolute Gasteiger partial charge is 0.385 e. The van der Waals surface area contributed by atoms with Crippen LogP contribution in [0.1, 0.15) is 30.6 Å². The number of sulfonamides is 1. The van der Waals surface area contributed by atoms with E-state index in [1.54, 1.807) is 7.11 Å². The lowest BCUT2D eigenvalue weighted by Crippen LogP contribution is -2.48. The Morgan fingerprint density at radius 1 is 1.24 bits per heavy atom. The fourth-order valence-electron chi connectivity index (χ4n) is 2.77. The molecule has 7 nitrogen and oxygen atoms in total. The van der Waals surface area contributed by atoms with Gasteiger partial charge < -0.3 is 14.8 Å². The van der Waals surface area contributed by atoms with Crippen LogP contribution >= 0.6 is 0 Å². The van der Waals surface area contributed by atoms with Crippen molar-refractivity contribution in [3.63, 3.8) is 0 Å². The molecule has 1 fully saturated rings. The van der Waals surface area contributed by atoms with E-state index in [0.717, 1.165) is 6.42 Å². The summed E-state index contributed by atoms with van der Waals surface area (Å²) in [6.45, 7) is 5.46. The van der Waals surface area contributed by atoms with Crippen LogP contribution in [0.4, 0.5) is 0 Å². The summed E-state index contributed by atoms with van der Waals surface area (Å²) in [4.78, 5) is 12.2. The van der Waals surface area contributed by atoms with E-state index in [2.05, 4.69) is 5.32 Å². The lowest BCUT2D eigenvalue weighted by atomic mass is 10.2. The average molecular weight is 370 g/mol. The Hall–Kier alpha value is -1.48. The highest BCUT2D eigenvalue weighted by Gasteiger charge is 2.32. The zero-order valence-electron chi connectivity index (χ0n) is 14.9. The first-order valence-electron chi connectivity index (χ1n) is 8.37. The fourth-order valence-corrected chi connectivity index (χ4v) is 4.37. The number of carbonyl (C=O) groups excluding carboxylic acids is 1. The Morgan fingerprint density at radius 2 is 1.84 bits per heavy atom. The van der Waals surface area contributed by atoms with Crippen molar-refractivity contribution < 1.29 is 22.7 Å². The van der Waals surface area contributed by atoms with Crippen molar-refractivity contribution >= 4 is 15.9 Å². The molecule has 1 aliphatic rings. The van der Waals surface area contributed by atoms with Crippen molar-refractivity contribution in [2.24, 2.45) is 0 Å². The molecule has 0 aromatic heterocycles. The first-order valence-corrected chi connectivity index (χ1v) is 9.81. The van der Waals surface area contributed by atoms with Crippen LogP contribution in [0, 0.1) is 0 Å². The van der Waals surface area contributed by atoms with Gasteiger partial charge in [-0.25, -0.2) is 8.42 Å². The molecule has 0 unspecified atom stereocenters. The minimum atomic E-state index is -3.59. The molecule has 0 saturated carbocycles. The number of nitrogens with zero attached hydrogens (tertiary/aromatic N) is 1. The van der Waals surface area contributed by atoms with Gasteiger partial charge in [0.2, 0.25) is 10.0 Å². The average Bonchev–Trinajstić information content (AvgIpc) is 2.58. The number of hydrogen-bond acceptors (Lipinski definition) is 5. The van der Waals surface area contributed by atoms with Gasteiger partial charge in [-0.2, -0.15) is 4.31 Å². The zero-order chi connectivity index (χ0) is 18.4. The molecule has 0 bridgehead atoms. The van der Waals surface area contributed by atoms with Gasteiger partial charge in [-0.15, -0.1) is 0 Å². The summed E-state index contributed by atoms with van der Waals surface area (Å²) in [5, 5.41) is 2.77. The van der Waals surface area contributed by atoms with E-state index in [1.807, 2.05) is 13.8 Å². The maximum atomic E-state index is 12.8. The highest BCUT2D eigenvalue weighted by molar-refractivity contribution is 7.89. The molecule has 1 aromatic carbocycles. The monoisotopic (exact) mass is 370 g/mol. The number of nitrogens with one attached hydrogen (secondary N) is 1. The molecule has 0 aliphatic carbocycles. The van der Waals surface area contributed by atoms with Crippen LogP contribution in [0.2, 0.25) is 0 Å². The summed E-state index contributed by atoms with van der Waals surface area (Å²) in [7, 11) is -1.98. The van der Waals surface area contributed by atoms with Gasteiger partial charge >= 0.3 is 0 Å². The Balaban J connectivity index is 2.04. The summed E-state index contributed by atoms with van der Waals surface area (Å²) in [6.07, 6.45) is 0.439. The highest BCUT2D eigenvalue weighted by atomic mass is 32.2. The van der Waals surface area contributed by atoms with Crippen molar-refractivity contribution in [2.75, 3.05) is 33.4 Å². The minimum absolute atomic E-state index is 0.143. The van der Waals surface area contributed by atoms with Gasteiger partial charge in [0.05, 0.1) is 17.1 Å². The van der Waals surface area contributed by atoms with Gasteiger partial charge in [0, 0.05) is 38.9 Å². The number of hydrogen-bond donors (Lipinski definition) is 1. The van der Waals surface area contributed by atoms with Crippen LogP contribution in [-0.2, 0) is 19.5 Å². The molecule has 1 heterocycles. The van der Waals surface area contributed by atoms with E-state index in [9.17, 15) is 13.2 Å². The third kappa shape index (κ3) is 5.24. The second kappa shape index (κ2) is 8.75. The topological polar surface area (TPSA) is 84.9 Å². The van der Waals surface area contributed by atoms with Crippen LogP contribution in [0.5, 0.6) is 0 Å². The Kier molecular flexibility index (Phi) is 6.95. The molecule has 2 atom stereocenters. The number of morpholine rings is 1. The molecule has 0 spiro atoms. The van der Waals surface area contributed by atoms with E-state index >= 15 is 0 Å². The van der Waals surface area contributed by atoms with Crippen molar-refractivity contribution in [3.05, 3.63) is 29.8 Å². The van der Waals surface area contributed by atoms with Crippen molar-refractivity contribution in [2.45, 2.75) is 37.4 Å². The summed E-state index contributed by atoms with van der Waals surface area (Å²) < 4.78 is 37.5. The summed E-state index contributed by atoms with van der Waals surface area (Å²) in [5.74, 6) is -0.228. The molecule has 25 heavy (non-hydrogen) atoms. The maximum absolute atomic E-state index is 12.8. The van der Waals surface area contributed by atoms with Crippen LogP contribution in [-0.4, -0.2) is 64.2 Å². The molecular formula is C17H26N2O5S. The molecular weight excluding hydrogens is 344 g/mol. The van der Waals surface area contributed by atoms with E-state index in [0.29, 0.717) is 31.8 Å². The third-order valence-corrected chi connectivity index (χ3v) is 5.80. The normalized spacial score (nSPS) is 21.9. The zero-order valence-corrected chi connectivity index (χ0v) is 15.7. The molecule has 1 amide bonds. The van der Waals surface area contributed by atoms with Gasteiger partial charge in [-0.3, -0.25) is 4.79 Å². The van der Waals surface area contributed by atoms with E-state index < -0.39 is 10.0 Å². The minimum Gasteiger partial charge on any atom is -0.385 e. The molecule has 1 aliphatic heterocycles. The Labute approximate surface area is 149 Å². The van der Waals surface area contributed by atoms with Gasteiger partial charge in [0.1, 0.15) is 0 Å². The van der Waals surface area contributed by atoms with Crippen LogP contribution in [0.3, 0.4) is 0 Å². The van der Waals surface area contributed by atoms with Crippen molar-refractivity contribution in [1.82, 2.24) is 9.62 Å². The van der Waals surface area contributed by atoms with E-state index in [4.69, 9.17) is 9.47 Å². The number of benzene rings is 1. The first kappa shape index (κ1) is 19.8. The smallest absolute Gasteiger partial charge is 0.251 e. The van der Waals surface area contributed by atoms with Crippen molar-refractivity contribution in [1.29, 1.82) is 0 Å². The number of rotatable bonds is 7. The molecule has 0 radical (unpaired) electrons. The van der Waals surface area contributed by atoms with Gasteiger partial charge in [0.15, 0.2) is 0 Å². The molecule has 2 rings (SSSR count). The van der Waals surface area contributed by atoms with Crippen molar-refractivity contribution in [3.8, 4) is 0 Å². The quantitative estimate of drug-likeness (QED) is 0.730. The maximum Gasteiger partial charge on any atom is 0.251 e. The second-order valence-electron chi connectivity index (χ2n) is 6.21. The van der Waals surface area contributed by atoms with E-state index in [-0.39, 0.29) is 23.0 Å². The Bertz CT molecular complexity index is 665. The second-order valence-corrected chi connectivity index (χ2v) is 8.14. The standard InChI is InChI=1S/C17H26N2O5S/c1-13-11-19(12-14(2)24-13)25(21,22)16-7-5-15(6-8-16)17(20)18-9-4-10-23-3/h5-8,13-14H,4,9-12H2,1-3H3,(H,18,20)/t13-,14+. The number of amides is 1. The third-order valence-electron chi connectivity index (χ3n) is 3.95. The fraction of sp³-hybridized carbons (Fsp3) is 0.588. The summed E-state index contributed by atoms with van der Waals surface area (Å²) >= 11 is 0. The molecule has 1 saturated heterocycles. The van der Waals surface area contributed by atoms with Crippen LogP contribution < -0.4 is 5.32 Å². The van der Waals surface area contributed by atoms with Gasteiger partial charge in [-0.1, -0.05) is 0 Å². The number of methoxy groups -OCH3 is 1. The molecule has 1 aromatic rings. The van der Waals surface area contributed by atoms with Gasteiger partial charge in [0.25, 0.3) is 5.91 Å². The number of ether oxygens (including phenoxy) is 2. The van der Waals surface area contributed by atoms with E-state index in [1.165, 1.54) is 28.6 Å². The molecule has 140 valence electrons. The highest BCUT2D eigenvalue weighted by Crippen LogP contribution is 2.21. The molecule has 1 N–H and O–H groups in total. The Morgan fingerprint density at radius 3 is 2.40 bits per heavy atom. The predicted molar refractivity (Wildman–Crippen MR) is 94.0 cm³/mol. The summed E-state index contributed by atoms with van der Waals surface area (Å²) in [5.41, 5.74) is 0.431. The molecule has 8 heteroatoms. The van der Waals surface area contributed by atoms with Gasteiger partial charge in [-0.05, 0) is 44.5 Å². The SMILES string of the molecule is COCCCNC(=O)c1ccc(S(=O)(=O)N2C[C@@H](C)O[C@@H](C)C2)cc1. The van der Waals surface area contributed by atoms with Crippen LogP contribution in [0.25, 0.3) is 0 Å². The predicted octanol–water partition coefficient (Wildman–Crippen LogP) is 1.25. The summed E-state index contributed by atoms with van der Waals surface area (Å²) in [6, 6.07) is 6.02. The first-order chi connectivity index (χ1) is 11.8. The lowest BCUT2D eigenvalue weighted by Gasteiger charge is -2.34. The van der Waals surface area contributed by atoms with Crippen LogP contribution in [0.15, 0.2) is 29.2 Å². The number of carbonyl (C=O) groups is 1. The lowest BCUT2D eigenvalue weighted by molar-refractivity contribution is -0.0440.